The molecule has 2 N–H and O–H groups in total. The summed E-state index contributed by atoms with van der Waals surface area (Å²) >= 11 is 0. The van der Waals surface area contributed by atoms with Crippen molar-refractivity contribution in [3.63, 3.8) is 0 Å². The van der Waals surface area contributed by atoms with Crippen LogP contribution in [0.5, 0.6) is 0 Å². The van der Waals surface area contributed by atoms with Gasteiger partial charge in [0.15, 0.2) is 0 Å². The molecular formula is C14H17F3N2O3. The van der Waals surface area contributed by atoms with Crippen LogP contribution in [0.25, 0.3) is 0 Å². The number of aromatic carboxylic acids is 1. The number of pyridine rings is 1. The summed E-state index contributed by atoms with van der Waals surface area (Å²) in [6.07, 6.45) is -3.85. The second-order valence-corrected chi connectivity index (χ2v) is 6.07. The Labute approximate surface area is 125 Å². The first-order valence-electron chi connectivity index (χ1n) is 6.47. The van der Waals surface area contributed by atoms with Crippen LogP contribution < -0.4 is 5.32 Å². The van der Waals surface area contributed by atoms with Crippen LogP contribution in [0, 0.1) is 5.41 Å². The fourth-order valence-electron chi connectivity index (χ4n) is 1.78. The Bertz CT molecular complexity index is 565. The van der Waals surface area contributed by atoms with Gasteiger partial charge in [-0.2, -0.15) is 13.2 Å². The molecular weight excluding hydrogens is 301 g/mol. The zero-order chi connectivity index (χ0) is 17.1. The number of halogens is 3. The molecule has 1 atom stereocenters. The maximum Gasteiger partial charge on any atom is 0.408 e. The van der Waals surface area contributed by atoms with E-state index in [4.69, 9.17) is 5.11 Å². The molecule has 0 saturated carbocycles. The number of hydrogen-bond acceptors (Lipinski definition) is 3. The van der Waals surface area contributed by atoms with Gasteiger partial charge in [-0.05, 0) is 24.0 Å². The first kappa shape index (κ1) is 17.9. The Morgan fingerprint density at radius 2 is 1.91 bits per heavy atom. The lowest BCUT2D eigenvalue weighted by molar-refractivity contribution is -0.159. The van der Waals surface area contributed by atoms with Gasteiger partial charge in [-0.3, -0.25) is 9.78 Å². The van der Waals surface area contributed by atoms with Crippen molar-refractivity contribution in [2.24, 2.45) is 5.41 Å². The van der Waals surface area contributed by atoms with Crippen LogP contribution in [0.2, 0.25) is 0 Å². The van der Waals surface area contributed by atoms with Crippen molar-refractivity contribution in [3.8, 4) is 0 Å². The number of alkyl halides is 3. The Kier molecular flexibility index (Phi) is 5.16. The average molecular weight is 318 g/mol. The topological polar surface area (TPSA) is 79.3 Å². The number of aromatic nitrogens is 1. The number of carbonyl (C=O) groups excluding carboxylic acids is 1. The van der Waals surface area contributed by atoms with E-state index in [1.54, 1.807) is 20.8 Å². The van der Waals surface area contributed by atoms with E-state index < -0.39 is 29.5 Å². The smallest absolute Gasteiger partial charge is 0.408 e. The molecule has 0 aromatic carbocycles. The molecule has 122 valence electrons. The highest BCUT2D eigenvalue weighted by Crippen LogP contribution is 2.30. The first-order chi connectivity index (χ1) is 9.90. The van der Waals surface area contributed by atoms with E-state index in [0.717, 1.165) is 18.3 Å². The fraction of sp³-hybridized carbons (Fsp3) is 0.500. The van der Waals surface area contributed by atoms with Crippen LogP contribution in [0.15, 0.2) is 18.3 Å². The lowest BCUT2D eigenvalue weighted by Crippen LogP contribution is -2.47. The number of carbonyl (C=O) groups is 2. The van der Waals surface area contributed by atoms with Gasteiger partial charge < -0.3 is 10.4 Å². The third-order valence-electron chi connectivity index (χ3n) is 2.76. The van der Waals surface area contributed by atoms with Gasteiger partial charge in [0.1, 0.15) is 11.7 Å². The van der Waals surface area contributed by atoms with Crippen molar-refractivity contribution in [2.75, 3.05) is 0 Å². The molecule has 0 bridgehead atoms. The quantitative estimate of drug-likeness (QED) is 0.894. The second-order valence-electron chi connectivity index (χ2n) is 6.07. The summed E-state index contributed by atoms with van der Waals surface area (Å²) in [5, 5.41) is 10.7. The summed E-state index contributed by atoms with van der Waals surface area (Å²) in [5.41, 5.74) is -1.24. The molecule has 5 nitrogen and oxygen atoms in total. The number of carboxylic acids is 1. The van der Waals surface area contributed by atoms with Crippen LogP contribution in [0.4, 0.5) is 13.2 Å². The molecule has 1 rings (SSSR count). The number of carboxylic acid groups (broad SMARTS) is 1. The average Bonchev–Trinajstić information content (AvgIpc) is 2.35. The molecule has 1 heterocycles. The molecule has 0 saturated heterocycles. The predicted molar refractivity (Wildman–Crippen MR) is 72.6 cm³/mol. The predicted octanol–water partition coefficient (Wildman–Crippen LogP) is 2.88. The van der Waals surface area contributed by atoms with Gasteiger partial charge in [0, 0.05) is 6.20 Å². The first-order valence-corrected chi connectivity index (χ1v) is 6.47. The molecule has 0 aliphatic rings. The number of amides is 1. The zero-order valence-corrected chi connectivity index (χ0v) is 12.4. The van der Waals surface area contributed by atoms with Crippen molar-refractivity contribution in [2.45, 2.75) is 39.4 Å². The third kappa shape index (κ3) is 5.34. The van der Waals surface area contributed by atoms with Crippen LogP contribution in [-0.2, 0) is 0 Å². The van der Waals surface area contributed by atoms with Gasteiger partial charge in [0.2, 0.25) is 0 Å². The minimum atomic E-state index is -4.60. The SMILES string of the molecule is CC(C)(C)CC(NC(=O)c1cc(C(=O)O)ccn1)C(F)(F)F. The maximum absolute atomic E-state index is 13.0. The van der Waals surface area contributed by atoms with E-state index in [1.165, 1.54) is 0 Å². The molecule has 1 unspecified atom stereocenters. The molecule has 8 heteroatoms. The summed E-state index contributed by atoms with van der Waals surface area (Å²) < 4.78 is 39.0. The lowest BCUT2D eigenvalue weighted by Gasteiger charge is -2.28. The molecule has 1 amide bonds. The van der Waals surface area contributed by atoms with Crippen molar-refractivity contribution < 1.29 is 27.9 Å². The zero-order valence-electron chi connectivity index (χ0n) is 12.4. The van der Waals surface area contributed by atoms with Gasteiger partial charge in [-0.1, -0.05) is 20.8 Å². The molecule has 0 fully saturated rings. The van der Waals surface area contributed by atoms with Crippen LogP contribution in [0.3, 0.4) is 0 Å². The van der Waals surface area contributed by atoms with Crippen LogP contribution >= 0.6 is 0 Å². The van der Waals surface area contributed by atoms with Gasteiger partial charge in [-0.25, -0.2) is 4.79 Å². The minimum Gasteiger partial charge on any atom is -0.478 e. The van der Waals surface area contributed by atoms with Gasteiger partial charge >= 0.3 is 12.1 Å². The van der Waals surface area contributed by atoms with Crippen LogP contribution in [0.1, 0.15) is 48.0 Å². The Morgan fingerprint density at radius 1 is 1.32 bits per heavy atom. The van der Waals surface area contributed by atoms with E-state index >= 15 is 0 Å². The standard InChI is InChI=1S/C14H17F3N2O3/c1-13(2,3)7-10(14(15,16)17)19-11(20)9-6-8(12(21)22)4-5-18-9/h4-6,10H,7H2,1-3H3,(H,19,20)(H,21,22). The number of rotatable bonds is 4. The highest BCUT2D eigenvalue weighted by molar-refractivity contribution is 5.95. The van der Waals surface area contributed by atoms with E-state index in [2.05, 4.69) is 4.98 Å². The fourth-order valence-corrected chi connectivity index (χ4v) is 1.78. The monoisotopic (exact) mass is 318 g/mol. The molecule has 0 aliphatic carbocycles. The third-order valence-corrected chi connectivity index (χ3v) is 2.76. The summed E-state index contributed by atoms with van der Waals surface area (Å²) in [5.74, 6) is -2.35. The largest absolute Gasteiger partial charge is 0.478 e. The summed E-state index contributed by atoms with van der Waals surface area (Å²) in [4.78, 5) is 26.3. The number of nitrogens with zero attached hydrogens (tertiary/aromatic N) is 1. The van der Waals surface area contributed by atoms with Gasteiger partial charge in [0.25, 0.3) is 5.91 Å². The number of hydrogen-bond donors (Lipinski definition) is 2. The molecule has 1 aromatic rings. The minimum absolute atomic E-state index is 0.223. The Balaban J connectivity index is 2.96. The summed E-state index contributed by atoms with van der Waals surface area (Å²) in [6, 6.07) is 0.0489. The van der Waals surface area contributed by atoms with Gasteiger partial charge in [0.05, 0.1) is 5.56 Å². The highest BCUT2D eigenvalue weighted by atomic mass is 19.4. The normalized spacial score (nSPS) is 13.5. The van der Waals surface area contributed by atoms with Crippen molar-refractivity contribution >= 4 is 11.9 Å². The van der Waals surface area contributed by atoms with Crippen molar-refractivity contribution in [1.82, 2.24) is 10.3 Å². The molecule has 22 heavy (non-hydrogen) atoms. The summed E-state index contributed by atoms with van der Waals surface area (Å²) in [7, 11) is 0. The highest BCUT2D eigenvalue weighted by Gasteiger charge is 2.42. The van der Waals surface area contributed by atoms with Crippen molar-refractivity contribution in [1.29, 1.82) is 0 Å². The molecule has 0 radical (unpaired) electrons. The van der Waals surface area contributed by atoms with E-state index in [0.29, 0.717) is 0 Å². The Hall–Kier alpha value is -2.12. The van der Waals surface area contributed by atoms with E-state index in [-0.39, 0.29) is 17.7 Å². The lowest BCUT2D eigenvalue weighted by atomic mass is 9.88. The molecule has 1 aromatic heterocycles. The maximum atomic E-state index is 13.0. The van der Waals surface area contributed by atoms with E-state index in [9.17, 15) is 22.8 Å². The Morgan fingerprint density at radius 3 is 2.36 bits per heavy atom. The van der Waals surface area contributed by atoms with Crippen LogP contribution in [-0.4, -0.2) is 34.2 Å². The summed E-state index contributed by atoms with van der Waals surface area (Å²) in [6.45, 7) is 4.88. The van der Waals surface area contributed by atoms with E-state index in [1.807, 2.05) is 5.32 Å². The second kappa shape index (κ2) is 6.33. The number of nitrogens with one attached hydrogen (secondary N) is 1. The van der Waals surface area contributed by atoms with Gasteiger partial charge in [-0.15, -0.1) is 0 Å². The molecule has 0 spiro atoms. The van der Waals surface area contributed by atoms with Crippen molar-refractivity contribution in [3.05, 3.63) is 29.6 Å². The molecule has 0 aliphatic heterocycles.